The molecule has 0 aromatic heterocycles. The minimum Gasteiger partial charge on any atom is -0.466 e. The summed E-state index contributed by atoms with van der Waals surface area (Å²) in [6.45, 7) is 4.12. The third-order valence-corrected chi connectivity index (χ3v) is 5.02. The van der Waals surface area contributed by atoms with Gasteiger partial charge in [0, 0.05) is 5.57 Å². The fourth-order valence-electron chi connectivity index (χ4n) is 3.26. The number of unbranched alkanes of at least 4 members (excludes halogenated alkanes) is 16. The quantitative estimate of drug-likeness (QED) is 0.143. The van der Waals surface area contributed by atoms with Crippen LogP contribution in [0.4, 0.5) is 0 Å². The molecule has 0 aliphatic heterocycles. The maximum atomic E-state index is 11.2. The SMILES string of the molecule is CCCCCCCCCCCCCCCCCC/C=C(\C)C(=O)OC. The van der Waals surface area contributed by atoms with Gasteiger partial charge in [0.1, 0.15) is 0 Å². The minimum absolute atomic E-state index is 0.198. The first-order chi connectivity index (χ1) is 12.2. The molecule has 0 saturated carbocycles. The molecule has 0 heterocycles. The molecule has 0 atom stereocenters. The molecule has 0 fully saturated rings. The normalized spacial score (nSPS) is 11.7. The molecule has 0 radical (unpaired) electrons. The standard InChI is InChI=1S/C23H44O2/c1-4-5-6-7-8-9-10-11-12-13-14-15-16-17-18-19-20-21-22(2)23(24)25-3/h21H,4-20H2,1-3H3/b22-21+. The van der Waals surface area contributed by atoms with Gasteiger partial charge in [-0.2, -0.15) is 0 Å². The van der Waals surface area contributed by atoms with Crippen LogP contribution in [0.25, 0.3) is 0 Å². The zero-order chi connectivity index (χ0) is 18.6. The summed E-state index contributed by atoms with van der Waals surface area (Å²) in [5.41, 5.74) is 0.739. The molecule has 0 saturated heterocycles. The average Bonchev–Trinajstić information content (AvgIpc) is 2.63. The molecule has 2 nitrogen and oxygen atoms in total. The Morgan fingerprint density at radius 2 is 1.04 bits per heavy atom. The molecule has 0 bridgehead atoms. The molecule has 0 unspecified atom stereocenters. The number of rotatable bonds is 18. The number of methoxy groups -OCH3 is 1. The lowest BCUT2D eigenvalue weighted by atomic mass is 10.0. The van der Waals surface area contributed by atoms with Gasteiger partial charge in [-0.25, -0.2) is 4.79 Å². The van der Waals surface area contributed by atoms with Crippen LogP contribution >= 0.6 is 0 Å². The van der Waals surface area contributed by atoms with Crippen molar-refractivity contribution in [2.75, 3.05) is 7.11 Å². The lowest BCUT2D eigenvalue weighted by Crippen LogP contribution is -2.01. The largest absolute Gasteiger partial charge is 0.466 e. The number of esters is 1. The van der Waals surface area contributed by atoms with Gasteiger partial charge in [0.05, 0.1) is 7.11 Å². The van der Waals surface area contributed by atoms with E-state index in [2.05, 4.69) is 11.7 Å². The van der Waals surface area contributed by atoms with E-state index < -0.39 is 0 Å². The van der Waals surface area contributed by atoms with E-state index in [1.54, 1.807) is 0 Å². The summed E-state index contributed by atoms with van der Waals surface area (Å²) in [6, 6.07) is 0. The van der Waals surface area contributed by atoms with Gasteiger partial charge in [-0.3, -0.25) is 0 Å². The first-order valence-corrected chi connectivity index (χ1v) is 11.0. The van der Waals surface area contributed by atoms with Gasteiger partial charge in [0.25, 0.3) is 0 Å². The molecule has 2 heteroatoms. The van der Waals surface area contributed by atoms with Gasteiger partial charge in [-0.15, -0.1) is 0 Å². The van der Waals surface area contributed by atoms with E-state index in [4.69, 9.17) is 0 Å². The summed E-state index contributed by atoms with van der Waals surface area (Å²) in [6.07, 6.45) is 25.3. The van der Waals surface area contributed by atoms with Crippen LogP contribution < -0.4 is 0 Å². The summed E-state index contributed by atoms with van der Waals surface area (Å²) in [5, 5.41) is 0. The van der Waals surface area contributed by atoms with Gasteiger partial charge >= 0.3 is 5.97 Å². The van der Waals surface area contributed by atoms with Crippen molar-refractivity contribution in [2.24, 2.45) is 0 Å². The van der Waals surface area contributed by atoms with Crippen molar-refractivity contribution < 1.29 is 9.53 Å². The summed E-state index contributed by atoms with van der Waals surface area (Å²) in [7, 11) is 1.44. The second-order valence-electron chi connectivity index (χ2n) is 7.47. The van der Waals surface area contributed by atoms with Crippen LogP contribution in [0, 0.1) is 0 Å². The zero-order valence-electron chi connectivity index (χ0n) is 17.4. The third kappa shape index (κ3) is 17.8. The Bertz CT molecular complexity index is 320. The molecule has 0 aliphatic rings. The van der Waals surface area contributed by atoms with E-state index >= 15 is 0 Å². The molecule has 0 aliphatic carbocycles. The molecular formula is C23H44O2. The van der Waals surface area contributed by atoms with Crippen LogP contribution in [0.15, 0.2) is 11.6 Å². The highest BCUT2D eigenvalue weighted by atomic mass is 16.5. The summed E-state index contributed by atoms with van der Waals surface area (Å²) in [4.78, 5) is 11.2. The van der Waals surface area contributed by atoms with Crippen molar-refractivity contribution >= 4 is 5.97 Å². The average molecular weight is 353 g/mol. The molecule has 0 amide bonds. The Labute approximate surface area is 157 Å². The molecule has 0 aromatic rings. The Hall–Kier alpha value is -0.790. The van der Waals surface area contributed by atoms with E-state index in [0.717, 1.165) is 12.0 Å². The van der Waals surface area contributed by atoms with Crippen LogP contribution in [0.3, 0.4) is 0 Å². The Kier molecular flexibility index (Phi) is 18.9. The van der Waals surface area contributed by atoms with E-state index in [0.29, 0.717) is 0 Å². The Balaban J connectivity index is 3.16. The van der Waals surface area contributed by atoms with E-state index in [1.807, 2.05) is 13.0 Å². The van der Waals surface area contributed by atoms with E-state index in [-0.39, 0.29) is 5.97 Å². The fraction of sp³-hybridized carbons (Fsp3) is 0.870. The predicted octanol–water partition coefficient (Wildman–Crippen LogP) is 7.76. The van der Waals surface area contributed by atoms with Gasteiger partial charge < -0.3 is 4.74 Å². The predicted molar refractivity (Wildman–Crippen MR) is 110 cm³/mol. The molecule has 0 aromatic carbocycles. The van der Waals surface area contributed by atoms with Crippen molar-refractivity contribution in [3.8, 4) is 0 Å². The highest BCUT2D eigenvalue weighted by Gasteiger charge is 2.01. The highest BCUT2D eigenvalue weighted by Crippen LogP contribution is 2.14. The Morgan fingerprint density at radius 1 is 0.680 bits per heavy atom. The maximum Gasteiger partial charge on any atom is 0.333 e. The minimum atomic E-state index is -0.198. The molecule has 0 rings (SSSR count). The lowest BCUT2D eigenvalue weighted by Gasteiger charge is -2.03. The van der Waals surface area contributed by atoms with Crippen LogP contribution in [-0.4, -0.2) is 13.1 Å². The van der Waals surface area contributed by atoms with Crippen molar-refractivity contribution in [1.82, 2.24) is 0 Å². The monoisotopic (exact) mass is 352 g/mol. The van der Waals surface area contributed by atoms with Gasteiger partial charge in [-0.1, -0.05) is 109 Å². The smallest absolute Gasteiger partial charge is 0.333 e. The number of hydrogen-bond acceptors (Lipinski definition) is 2. The van der Waals surface area contributed by atoms with Crippen molar-refractivity contribution in [3.05, 3.63) is 11.6 Å². The lowest BCUT2D eigenvalue weighted by molar-refractivity contribution is -0.136. The summed E-state index contributed by atoms with van der Waals surface area (Å²) < 4.78 is 4.69. The van der Waals surface area contributed by atoms with Crippen molar-refractivity contribution in [1.29, 1.82) is 0 Å². The number of carbonyl (C=O) groups excluding carboxylic acids is 1. The van der Waals surface area contributed by atoms with Crippen molar-refractivity contribution in [3.63, 3.8) is 0 Å². The van der Waals surface area contributed by atoms with Gasteiger partial charge in [0.15, 0.2) is 0 Å². The van der Waals surface area contributed by atoms with Crippen LogP contribution in [0.1, 0.15) is 123 Å². The number of allylic oxidation sites excluding steroid dienone is 1. The molecular weight excluding hydrogens is 308 g/mol. The highest BCUT2D eigenvalue weighted by molar-refractivity contribution is 5.87. The number of carbonyl (C=O) groups is 1. The van der Waals surface area contributed by atoms with Crippen LogP contribution in [0.5, 0.6) is 0 Å². The number of hydrogen-bond donors (Lipinski definition) is 0. The molecule has 148 valence electrons. The first-order valence-electron chi connectivity index (χ1n) is 11.0. The van der Waals surface area contributed by atoms with Crippen LogP contribution in [0.2, 0.25) is 0 Å². The maximum absolute atomic E-state index is 11.2. The second-order valence-corrected chi connectivity index (χ2v) is 7.47. The topological polar surface area (TPSA) is 26.3 Å². The van der Waals surface area contributed by atoms with Gasteiger partial charge in [0.2, 0.25) is 0 Å². The van der Waals surface area contributed by atoms with E-state index in [1.165, 1.54) is 110 Å². The first kappa shape index (κ1) is 24.2. The van der Waals surface area contributed by atoms with E-state index in [9.17, 15) is 4.79 Å². The second kappa shape index (κ2) is 19.5. The summed E-state index contributed by atoms with van der Waals surface area (Å²) in [5.74, 6) is -0.198. The number of ether oxygens (including phenoxy) is 1. The summed E-state index contributed by atoms with van der Waals surface area (Å²) >= 11 is 0. The third-order valence-electron chi connectivity index (χ3n) is 5.02. The van der Waals surface area contributed by atoms with Crippen LogP contribution in [-0.2, 0) is 9.53 Å². The van der Waals surface area contributed by atoms with Gasteiger partial charge in [-0.05, 0) is 19.8 Å². The fourth-order valence-corrected chi connectivity index (χ4v) is 3.26. The van der Waals surface area contributed by atoms with Crippen molar-refractivity contribution in [2.45, 2.75) is 123 Å². The Morgan fingerprint density at radius 3 is 1.40 bits per heavy atom. The molecule has 25 heavy (non-hydrogen) atoms. The molecule has 0 spiro atoms. The molecule has 0 N–H and O–H groups in total. The zero-order valence-corrected chi connectivity index (χ0v) is 17.4.